The molecule has 1 aromatic rings. The highest BCUT2D eigenvalue weighted by Gasteiger charge is 2.35. The van der Waals surface area contributed by atoms with Crippen LogP contribution in [-0.2, 0) is 20.8 Å². The van der Waals surface area contributed by atoms with Crippen LogP contribution in [0.3, 0.4) is 0 Å². The van der Waals surface area contributed by atoms with E-state index in [4.69, 9.17) is 5.11 Å². The van der Waals surface area contributed by atoms with Gasteiger partial charge in [-0.15, -0.1) is 0 Å². The lowest BCUT2D eigenvalue weighted by Crippen LogP contribution is -2.49. The number of hydrogen-bond donors (Lipinski definition) is 2. The lowest BCUT2D eigenvalue weighted by Gasteiger charge is -2.23. The summed E-state index contributed by atoms with van der Waals surface area (Å²) in [5, 5.41) is 11.9. The third kappa shape index (κ3) is 4.57. The summed E-state index contributed by atoms with van der Waals surface area (Å²) in [6, 6.07) is 8.87. The predicted octanol–water partition coefficient (Wildman–Crippen LogP) is 1.30. The second-order valence-corrected chi connectivity index (χ2v) is 6.53. The molecule has 1 fully saturated rings. The SMILES string of the molecule is CN(C)C(=O)C(Cc1ccccc1)NC(=O)[C@@H]1CC[C@H](C(=O)O)C1. The van der Waals surface area contributed by atoms with Crippen molar-refractivity contribution in [3.05, 3.63) is 35.9 Å². The molecule has 3 atom stereocenters. The molecule has 0 aromatic heterocycles. The Kier molecular flexibility index (Phi) is 5.95. The van der Waals surface area contributed by atoms with Gasteiger partial charge in [-0.05, 0) is 24.8 Å². The van der Waals surface area contributed by atoms with Crippen LogP contribution in [0.15, 0.2) is 30.3 Å². The van der Waals surface area contributed by atoms with Gasteiger partial charge in [-0.2, -0.15) is 0 Å². The standard InChI is InChI=1S/C18H24N2O4/c1-20(2)17(22)15(10-12-6-4-3-5-7-12)19-16(21)13-8-9-14(11-13)18(23)24/h3-7,13-15H,8-11H2,1-2H3,(H,19,21)(H,23,24)/t13-,14+,15?/m1/s1. The van der Waals surface area contributed by atoms with Crippen molar-refractivity contribution in [2.75, 3.05) is 14.1 Å². The molecule has 0 aliphatic heterocycles. The van der Waals surface area contributed by atoms with Gasteiger partial charge in [-0.1, -0.05) is 30.3 Å². The van der Waals surface area contributed by atoms with Crippen molar-refractivity contribution in [2.24, 2.45) is 11.8 Å². The summed E-state index contributed by atoms with van der Waals surface area (Å²) >= 11 is 0. The Bertz CT molecular complexity index is 600. The first-order chi connectivity index (χ1) is 11.4. The van der Waals surface area contributed by atoms with Crippen molar-refractivity contribution in [2.45, 2.75) is 31.7 Å². The van der Waals surface area contributed by atoms with Crippen LogP contribution in [0.4, 0.5) is 0 Å². The van der Waals surface area contributed by atoms with Gasteiger partial charge in [0.2, 0.25) is 11.8 Å². The van der Waals surface area contributed by atoms with Crippen LogP contribution in [0.25, 0.3) is 0 Å². The number of hydrogen-bond acceptors (Lipinski definition) is 3. The molecule has 1 aliphatic carbocycles. The average molecular weight is 332 g/mol. The third-order valence-corrected chi connectivity index (χ3v) is 4.49. The maximum atomic E-state index is 12.5. The first-order valence-electron chi connectivity index (χ1n) is 8.16. The maximum Gasteiger partial charge on any atom is 0.306 e. The number of likely N-dealkylation sites (N-methyl/N-ethyl adjacent to an activating group) is 1. The molecule has 1 saturated carbocycles. The van der Waals surface area contributed by atoms with Crippen molar-refractivity contribution in [1.29, 1.82) is 0 Å². The quantitative estimate of drug-likeness (QED) is 0.822. The van der Waals surface area contributed by atoms with E-state index in [-0.39, 0.29) is 17.7 Å². The van der Waals surface area contributed by atoms with Crippen LogP contribution >= 0.6 is 0 Å². The minimum Gasteiger partial charge on any atom is -0.481 e. The molecule has 0 radical (unpaired) electrons. The normalized spacial score (nSPS) is 21.1. The predicted molar refractivity (Wildman–Crippen MR) is 89.2 cm³/mol. The minimum absolute atomic E-state index is 0.167. The highest BCUT2D eigenvalue weighted by Crippen LogP contribution is 2.31. The van der Waals surface area contributed by atoms with Gasteiger partial charge in [0.25, 0.3) is 0 Å². The number of rotatable bonds is 6. The van der Waals surface area contributed by atoms with Gasteiger partial charge in [0.1, 0.15) is 6.04 Å². The van der Waals surface area contributed by atoms with Gasteiger partial charge >= 0.3 is 5.97 Å². The summed E-state index contributed by atoms with van der Waals surface area (Å²) in [5.41, 5.74) is 0.966. The molecule has 0 spiro atoms. The van der Waals surface area contributed by atoms with Gasteiger partial charge in [0.15, 0.2) is 0 Å². The first kappa shape index (κ1) is 18.0. The Morgan fingerprint density at radius 1 is 1.17 bits per heavy atom. The van der Waals surface area contributed by atoms with Crippen LogP contribution in [0.5, 0.6) is 0 Å². The number of amides is 2. The Labute approximate surface area is 141 Å². The van der Waals surface area contributed by atoms with E-state index in [2.05, 4.69) is 5.32 Å². The van der Waals surface area contributed by atoms with E-state index in [0.29, 0.717) is 25.7 Å². The van der Waals surface area contributed by atoms with Gasteiger partial charge in [-0.3, -0.25) is 14.4 Å². The molecule has 130 valence electrons. The van der Waals surface area contributed by atoms with Crippen LogP contribution < -0.4 is 5.32 Å². The molecule has 2 N–H and O–H groups in total. The number of carbonyl (C=O) groups excluding carboxylic acids is 2. The molecule has 6 nitrogen and oxygen atoms in total. The minimum atomic E-state index is -0.851. The number of carboxylic acids is 1. The van der Waals surface area contributed by atoms with E-state index >= 15 is 0 Å². The zero-order chi connectivity index (χ0) is 17.7. The van der Waals surface area contributed by atoms with E-state index < -0.39 is 17.9 Å². The van der Waals surface area contributed by atoms with Gasteiger partial charge in [0.05, 0.1) is 5.92 Å². The number of nitrogens with one attached hydrogen (secondary N) is 1. The Morgan fingerprint density at radius 3 is 2.33 bits per heavy atom. The van der Waals surface area contributed by atoms with E-state index in [9.17, 15) is 14.4 Å². The van der Waals surface area contributed by atoms with Crippen LogP contribution in [0.1, 0.15) is 24.8 Å². The van der Waals surface area contributed by atoms with Gasteiger partial charge < -0.3 is 15.3 Å². The summed E-state index contributed by atoms with van der Waals surface area (Å²) in [4.78, 5) is 37.4. The Balaban J connectivity index is 2.03. The van der Waals surface area contributed by atoms with E-state index in [1.807, 2.05) is 30.3 Å². The van der Waals surface area contributed by atoms with Crippen molar-refractivity contribution in [1.82, 2.24) is 10.2 Å². The average Bonchev–Trinajstić information content (AvgIpc) is 3.04. The van der Waals surface area contributed by atoms with Crippen molar-refractivity contribution in [3.8, 4) is 0 Å². The highest BCUT2D eigenvalue weighted by atomic mass is 16.4. The van der Waals surface area contributed by atoms with Crippen molar-refractivity contribution >= 4 is 17.8 Å². The number of carboxylic acid groups (broad SMARTS) is 1. The molecule has 0 saturated heterocycles. The molecule has 1 aromatic carbocycles. The van der Waals surface area contributed by atoms with Crippen molar-refractivity contribution in [3.63, 3.8) is 0 Å². The van der Waals surface area contributed by atoms with Gasteiger partial charge in [-0.25, -0.2) is 0 Å². The topological polar surface area (TPSA) is 86.7 Å². The van der Waals surface area contributed by atoms with Crippen LogP contribution in [0, 0.1) is 11.8 Å². The molecule has 24 heavy (non-hydrogen) atoms. The summed E-state index contributed by atoms with van der Waals surface area (Å²) in [7, 11) is 3.31. The highest BCUT2D eigenvalue weighted by molar-refractivity contribution is 5.89. The van der Waals surface area contributed by atoms with Crippen LogP contribution in [0.2, 0.25) is 0 Å². The molecule has 0 heterocycles. The molecule has 6 heteroatoms. The molecular weight excluding hydrogens is 308 g/mol. The summed E-state index contributed by atoms with van der Waals surface area (Å²) in [6.45, 7) is 0. The zero-order valence-electron chi connectivity index (χ0n) is 14.1. The van der Waals surface area contributed by atoms with Crippen molar-refractivity contribution < 1.29 is 19.5 Å². The first-order valence-corrected chi connectivity index (χ1v) is 8.16. The lowest BCUT2D eigenvalue weighted by molar-refractivity contribution is -0.141. The zero-order valence-corrected chi connectivity index (χ0v) is 14.1. The number of nitrogens with zero attached hydrogens (tertiary/aromatic N) is 1. The summed E-state index contributed by atoms with van der Waals surface area (Å²) in [5.74, 6) is -2.04. The molecular formula is C18H24N2O4. The Morgan fingerprint density at radius 2 is 1.79 bits per heavy atom. The fourth-order valence-electron chi connectivity index (χ4n) is 3.10. The lowest BCUT2D eigenvalue weighted by atomic mass is 10.0. The molecule has 1 unspecified atom stereocenters. The molecule has 2 rings (SSSR count). The fraction of sp³-hybridized carbons (Fsp3) is 0.500. The monoisotopic (exact) mass is 332 g/mol. The van der Waals surface area contributed by atoms with Gasteiger partial charge in [0, 0.05) is 26.4 Å². The Hall–Kier alpha value is -2.37. The number of benzene rings is 1. The van der Waals surface area contributed by atoms with E-state index in [1.54, 1.807) is 14.1 Å². The second-order valence-electron chi connectivity index (χ2n) is 6.53. The maximum absolute atomic E-state index is 12.5. The number of carbonyl (C=O) groups is 3. The molecule has 2 amide bonds. The van der Waals surface area contributed by atoms with E-state index in [0.717, 1.165) is 5.56 Å². The summed E-state index contributed by atoms with van der Waals surface area (Å²) in [6.07, 6.45) is 1.82. The number of aliphatic carboxylic acids is 1. The summed E-state index contributed by atoms with van der Waals surface area (Å²) < 4.78 is 0. The molecule has 1 aliphatic rings. The molecule has 0 bridgehead atoms. The fourth-order valence-corrected chi connectivity index (χ4v) is 3.10. The van der Waals surface area contributed by atoms with Crippen LogP contribution in [-0.4, -0.2) is 47.9 Å². The third-order valence-electron chi connectivity index (χ3n) is 4.49. The van der Waals surface area contributed by atoms with E-state index in [1.165, 1.54) is 4.90 Å². The smallest absolute Gasteiger partial charge is 0.306 e. The largest absolute Gasteiger partial charge is 0.481 e. The second kappa shape index (κ2) is 7.95.